The van der Waals surface area contributed by atoms with Crippen molar-refractivity contribution in [3.8, 4) is 0 Å². The first-order valence-electron chi connectivity index (χ1n) is 7.13. The SMILES string of the molecule is O=C(O)/C=C/C(=O)O.c1ccc(CON2CCCCC2)cc1. The largest absolute Gasteiger partial charge is 0.478 e. The summed E-state index contributed by atoms with van der Waals surface area (Å²) in [6.45, 7) is 2.89. The molecule has 2 rings (SSSR count). The highest BCUT2D eigenvalue weighted by molar-refractivity contribution is 5.89. The Morgan fingerprint density at radius 3 is 2.05 bits per heavy atom. The van der Waals surface area contributed by atoms with Gasteiger partial charge in [0.15, 0.2) is 0 Å². The van der Waals surface area contributed by atoms with Gasteiger partial charge in [-0.15, -0.1) is 0 Å². The van der Waals surface area contributed by atoms with Gasteiger partial charge in [0.05, 0.1) is 6.61 Å². The monoisotopic (exact) mass is 307 g/mol. The van der Waals surface area contributed by atoms with Gasteiger partial charge < -0.3 is 10.2 Å². The minimum atomic E-state index is -1.26. The van der Waals surface area contributed by atoms with Gasteiger partial charge in [-0.25, -0.2) is 9.59 Å². The number of rotatable bonds is 5. The number of carboxylic acids is 2. The van der Waals surface area contributed by atoms with E-state index in [0.29, 0.717) is 18.8 Å². The highest BCUT2D eigenvalue weighted by Crippen LogP contribution is 2.10. The number of carbonyl (C=O) groups is 2. The molecule has 6 nitrogen and oxygen atoms in total. The van der Waals surface area contributed by atoms with Gasteiger partial charge in [-0.2, -0.15) is 5.06 Å². The highest BCUT2D eigenvalue weighted by atomic mass is 16.7. The molecular weight excluding hydrogens is 286 g/mol. The number of hydrogen-bond donors (Lipinski definition) is 2. The summed E-state index contributed by atoms with van der Waals surface area (Å²) in [4.78, 5) is 24.8. The van der Waals surface area contributed by atoms with Crippen molar-refractivity contribution in [2.45, 2.75) is 25.9 Å². The smallest absolute Gasteiger partial charge is 0.328 e. The van der Waals surface area contributed by atoms with Crippen LogP contribution in [0.1, 0.15) is 24.8 Å². The predicted octanol–water partition coefficient (Wildman–Crippen LogP) is 2.32. The summed E-state index contributed by atoms with van der Waals surface area (Å²) in [5.41, 5.74) is 1.25. The van der Waals surface area contributed by atoms with E-state index in [1.54, 1.807) is 0 Å². The maximum absolute atomic E-state index is 9.55. The maximum Gasteiger partial charge on any atom is 0.328 e. The second-order valence-corrected chi connectivity index (χ2v) is 4.76. The van der Waals surface area contributed by atoms with Crippen molar-refractivity contribution in [1.82, 2.24) is 5.06 Å². The summed E-state index contributed by atoms with van der Waals surface area (Å²) in [6.07, 6.45) is 5.01. The molecule has 0 bridgehead atoms. The van der Waals surface area contributed by atoms with Gasteiger partial charge in [-0.05, 0) is 18.4 Å². The molecule has 1 heterocycles. The van der Waals surface area contributed by atoms with Gasteiger partial charge in [0.25, 0.3) is 0 Å². The van der Waals surface area contributed by atoms with E-state index in [1.807, 2.05) is 6.07 Å². The summed E-state index contributed by atoms with van der Waals surface area (Å²) in [6, 6.07) is 10.3. The minimum absolute atomic E-state index is 0.558. The normalized spacial score (nSPS) is 15.1. The summed E-state index contributed by atoms with van der Waals surface area (Å²) < 4.78 is 0. The lowest BCUT2D eigenvalue weighted by Gasteiger charge is -2.25. The molecule has 0 amide bonds. The molecule has 1 aliphatic heterocycles. The fourth-order valence-corrected chi connectivity index (χ4v) is 1.88. The van der Waals surface area contributed by atoms with Crippen molar-refractivity contribution < 1.29 is 24.6 Å². The molecule has 6 heteroatoms. The van der Waals surface area contributed by atoms with Crippen LogP contribution in [-0.2, 0) is 21.0 Å². The van der Waals surface area contributed by atoms with Gasteiger partial charge in [-0.3, -0.25) is 4.84 Å². The standard InChI is InChI=1S/C12H17NO.C4H4O4/c1-3-7-12(8-4-1)11-14-13-9-5-2-6-10-13;5-3(6)1-2-4(7)8/h1,3-4,7-8H,2,5-6,9-11H2;1-2H,(H,5,6)(H,7,8)/b;2-1+. The van der Waals surface area contributed by atoms with Crippen LogP contribution in [0.5, 0.6) is 0 Å². The number of benzene rings is 1. The van der Waals surface area contributed by atoms with Gasteiger partial charge in [-0.1, -0.05) is 36.8 Å². The lowest BCUT2D eigenvalue weighted by Crippen LogP contribution is -2.29. The van der Waals surface area contributed by atoms with Crippen LogP contribution in [0.4, 0.5) is 0 Å². The Balaban J connectivity index is 0.000000261. The Morgan fingerprint density at radius 1 is 1.00 bits per heavy atom. The summed E-state index contributed by atoms with van der Waals surface area (Å²) in [5, 5.41) is 17.7. The lowest BCUT2D eigenvalue weighted by molar-refractivity contribution is -0.178. The van der Waals surface area contributed by atoms with Gasteiger partial charge in [0, 0.05) is 25.2 Å². The minimum Gasteiger partial charge on any atom is -0.478 e. The molecule has 1 aromatic rings. The fourth-order valence-electron chi connectivity index (χ4n) is 1.88. The van der Waals surface area contributed by atoms with Gasteiger partial charge in [0.2, 0.25) is 0 Å². The Kier molecular flexibility index (Phi) is 8.56. The molecular formula is C16H21NO5. The molecule has 0 radical (unpaired) electrons. The molecule has 120 valence electrons. The van der Waals surface area contributed by atoms with E-state index in [-0.39, 0.29) is 0 Å². The second kappa shape index (κ2) is 10.5. The van der Waals surface area contributed by atoms with E-state index in [1.165, 1.54) is 24.8 Å². The second-order valence-electron chi connectivity index (χ2n) is 4.76. The van der Waals surface area contributed by atoms with E-state index in [0.717, 1.165) is 13.1 Å². The third-order valence-corrected chi connectivity index (χ3v) is 2.94. The Hall–Kier alpha value is -2.18. The molecule has 1 aliphatic rings. The lowest BCUT2D eigenvalue weighted by atomic mass is 10.2. The molecule has 1 aromatic carbocycles. The first kappa shape index (κ1) is 17.9. The molecule has 0 aliphatic carbocycles. The van der Waals surface area contributed by atoms with Crippen LogP contribution in [0.2, 0.25) is 0 Å². The van der Waals surface area contributed by atoms with Crippen molar-refractivity contribution in [3.05, 3.63) is 48.0 Å². The number of aliphatic carboxylic acids is 2. The summed E-state index contributed by atoms with van der Waals surface area (Å²) in [7, 11) is 0. The van der Waals surface area contributed by atoms with E-state index in [9.17, 15) is 9.59 Å². The molecule has 1 fully saturated rings. The first-order valence-corrected chi connectivity index (χ1v) is 7.13. The fraction of sp³-hybridized carbons (Fsp3) is 0.375. The van der Waals surface area contributed by atoms with E-state index >= 15 is 0 Å². The highest BCUT2D eigenvalue weighted by Gasteiger charge is 2.09. The molecule has 0 atom stereocenters. The van der Waals surface area contributed by atoms with Crippen molar-refractivity contribution in [2.75, 3.05) is 13.1 Å². The van der Waals surface area contributed by atoms with Gasteiger partial charge in [0.1, 0.15) is 0 Å². The quantitative estimate of drug-likeness (QED) is 0.812. The Labute approximate surface area is 129 Å². The molecule has 22 heavy (non-hydrogen) atoms. The predicted molar refractivity (Wildman–Crippen MR) is 81.1 cm³/mol. The third-order valence-electron chi connectivity index (χ3n) is 2.94. The molecule has 1 saturated heterocycles. The summed E-state index contributed by atoms with van der Waals surface area (Å²) in [5.74, 6) is -2.51. The van der Waals surface area contributed by atoms with E-state index < -0.39 is 11.9 Å². The third kappa shape index (κ3) is 8.89. The topological polar surface area (TPSA) is 87.1 Å². The molecule has 2 N–H and O–H groups in total. The zero-order valence-corrected chi connectivity index (χ0v) is 12.4. The number of nitrogens with zero attached hydrogens (tertiary/aromatic N) is 1. The molecule has 0 saturated carbocycles. The van der Waals surface area contributed by atoms with E-state index in [4.69, 9.17) is 15.1 Å². The van der Waals surface area contributed by atoms with Crippen LogP contribution >= 0.6 is 0 Å². The van der Waals surface area contributed by atoms with Crippen LogP contribution in [-0.4, -0.2) is 40.3 Å². The first-order chi connectivity index (χ1) is 10.6. The average molecular weight is 307 g/mol. The average Bonchev–Trinajstić information content (AvgIpc) is 2.54. The number of piperidine rings is 1. The maximum atomic E-state index is 9.55. The van der Waals surface area contributed by atoms with E-state index in [2.05, 4.69) is 29.3 Å². The van der Waals surface area contributed by atoms with Crippen LogP contribution in [0.3, 0.4) is 0 Å². The molecule has 0 unspecified atom stereocenters. The van der Waals surface area contributed by atoms with Crippen molar-refractivity contribution in [2.24, 2.45) is 0 Å². The van der Waals surface area contributed by atoms with Crippen LogP contribution in [0.15, 0.2) is 42.5 Å². The zero-order chi connectivity index (χ0) is 16.2. The molecule has 0 aromatic heterocycles. The number of hydroxylamine groups is 2. The van der Waals surface area contributed by atoms with Crippen molar-refractivity contribution in [3.63, 3.8) is 0 Å². The number of hydrogen-bond acceptors (Lipinski definition) is 4. The Morgan fingerprint density at radius 2 is 1.55 bits per heavy atom. The van der Waals surface area contributed by atoms with Crippen molar-refractivity contribution >= 4 is 11.9 Å². The molecule has 0 spiro atoms. The Bertz CT molecular complexity index is 465. The van der Waals surface area contributed by atoms with Crippen molar-refractivity contribution in [1.29, 1.82) is 0 Å². The summed E-state index contributed by atoms with van der Waals surface area (Å²) >= 11 is 0. The van der Waals surface area contributed by atoms with Crippen LogP contribution < -0.4 is 0 Å². The van der Waals surface area contributed by atoms with Crippen LogP contribution in [0.25, 0.3) is 0 Å². The number of carboxylic acid groups (broad SMARTS) is 2. The van der Waals surface area contributed by atoms with Crippen LogP contribution in [0, 0.1) is 0 Å². The zero-order valence-electron chi connectivity index (χ0n) is 12.4. The van der Waals surface area contributed by atoms with Gasteiger partial charge >= 0.3 is 11.9 Å².